The van der Waals surface area contributed by atoms with Gasteiger partial charge in [0, 0.05) is 54.5 Å². The summed E-state index contributed by atoms with van der Waals surface area (Å²) in [5.41, 5.74) is 1.86. The van der Waals surface area contributed by atoms with Gasteiger partial charge in [-0.1, -0.05) is 12.6 Å². The smallest absolute Gasteiger partial charge is 0.417 e. The van der Waals surface area contributed by atoms with Crippen molar-refractivity contribution in [1.29, 1.82) is 0 Å². The second-order valence-electron chi connectivity index (χ2n) is 13.5. The van der Waals surface area contributed by atoms with E-state index in [2.05, 4.69) is 21.4 Å². The van der Waals surface area contributed by atoms with Crippen molar-refractivity contribution in [1.82, 2.24) is 19.8 Å². The van der Waals surface area contributed by atoms with Crippen LogP contribution < -0.4 is 15.4 Å². The number of hydrogen-bond acceptors (Lipinski definition) is 8. The number of nitrogens with two attached hydrogens (primary N) is 1. The molecule has 268 valence electrons. The second kappa shape index (κ2) is 12.6. The van der Waals surface area contributed by atoms with Crippen LogP contribution in [-0.4, -0.2) is 82.3 Å². The molecule has 0 radical (unpaired) electrons. The highest BCUT2D eigenvalue weighted by molar-refractivity contribution is 7.23. The van der Waals surface area contributed by atoms with Gasteiger partial charge in [0.05, 0.1) is 27.4 Å². The van der Waals surface area contributed by atoms with E-state index < -0.39 is 58.2 Å². The zero-order valence-electron chi connectivity index (χ0n) is 27.7. The largest absolute Gasteiger partial charge is 0.461 e. The molecule has 3 aliphatic heterocycles. The monoisotopic (exact) mass is 729 g/mol. The van der Waals surface area contributed by atoms with E-state index in [9.17, 15) is 13.6 Å². The fourth-order valence-corrected chi connectivity index (χ4v) is 8.89. The van der Waals surface area contributed by atoms with Gasteiger partial charge in [-0.3, -0.25) is 9.69 Å². The van der Waals surface area contributed by atoms with E-state index in [0.717, 1.165) is 24.6 Å². The lowest BCUT2D eigenvalue weighted by Gasteiger charge is -2.44. The zero-order valence-corrected chi connectivity index (χ0v) is 28.5. The van der Waals surface area contributed by atoms with Gasteiger partial charge in [0.1, 0.15) is 29.9 Å². The molecule has 3 aliphatic rings. The van der Waals surface area contributed by atoms with Crippen LogP contribution in [0.2, 0.25) is 0 Å². The van der Waals surface area contributed by atoms with Crippen LogP contribution in [0.15, 0.2) is 30.9 Å². The Balaban J connectivity index is 1.46. The van der Waals surface area contributed by atoms with Crippen LogP contribution >= 0.6 is 11.3 Å². The number of carbonyl (C=O) groups is 1. The maximum atomic E-state index is 17.2. The second-order valence-corrected chi connectivity index (χ2v) is 14.5. The van der Waals surface area contributed by atoms with Crippen molar-refractivity contribution in [2.45, 2.75) is 63.1 Å². The molecule has 3 fully saturated rings. The van der Waals surface area contributed by atoms with Gasteiger partial charge in [0.2, 0.25) is 11.6 Å². The maximum Gasteiger partial charge on any atom is 0.417 e. The van der Waals surface area contributed by atoms with Gasteiger partial charge in [0.25, 0.3) is 0 Å². The standard InChI is InChI=1S/C35H33F6N7O2S/c1-5-24(49)47-13-18(3)48(14-17(47)2)32-21-11-22(35(39,40)41)25(20-7-8-23(37)30-26(20)29(43-4)31(42)51-30)27(38)28(21)44-33(45-32)50-16-34-9-6-10-46(34)15-19(36)12-34/h5,7-8,11,17-19H,1,6,9-10,12-16,42H2,2-3H3/t17-,18+,19-,34+/m1/s1. The van der Waals surface area contributed by atoms with E-state index in [-0.39, 0.29) is 82.1 Å². The van der Waals surface area contributed by atoms with Gasteiger partial charge >= 0.3 is 12.2 Å². The van der Waals surface area contributed by atoms with Crippen molar-refractivity contribution < 1.29 is 35.9 Å². The molecule has 7 rings (SSSR count). The summed E-state index contributed by atoms with van der Waals surface area (Å²) in [5, 5.41) is -0.631. The van der Waals surface area contributed by atoms with Crippen LogP contribution in [0.1, 0.15) is 38.7 Å². The minimum Gasteiger partial charge on any atom is -0.461 e. The molecule has 2 aromatic carbocycles. The lowest BCUT2D eigenvalue weighted by molar-refractivity contribution is -0.137. The molecule has 0 aliphatic carbocycles. The summed E-state index contributed by atoms with van der Waals surface area (Å²) in [6.07, 6.45) is -3.29. The zero-order chi connectivity index (χ0) is 36.6. The molecule has 5 heterocycles. The van der Waals surface area contributed by atoms with E-state index in [1.807, 2.05) is 4.90 Å². The van der Waals surface area contributed by atoms with Crippen LogP contribution in [0.25, 0.3) is 37.0 Å². The predicted molar refractivity (Wildman–Crippen MR) is 183 cm³/mol. The molecule has 0 bridgehead atoms. The molecule has 9 nitrogen and oxygen atoms in total. The number of nitrogens with zero attached hydrogens (tertiary/aromatic N) is 6. The Morgan fingerprint density at radius 1 is 1.22 bits per heavy atom. The van der Waals surface area contributed by atoms with Crippen molar-refractivity contribution in [2.24, 2.45) is 0 Å². The number of rotatable bonds is 6. The quantitative estimate of drug-likeness (QED) is 0.125. The van der Waals surface area contributed by atoms with E-state index in [1.54, 1.807) is 23.6 Å². The first-order valence-corrected chi connectivity index (χ1v) is 17.2. The van der Waals surface area contributed by atoms with Crippen LogP contribution in [0, 0.1) is 18.2 Å². The lowest BCUT2D eigenvalue weighted by Crippen LogP contribution is -2.58. The average Bonchev–Trinajstić information content (AvgIpc) is 3.73. The van der Waals surface area contributed by atoms with Crippen molar-refractivity contribution in [3.8, 4) is 17.1 Å². The summed E-state index contributed by atoms with van der Waals surface area (Å²) in [6.45, 7) is 15.9. The van der Waals surface area contributed by atoms with Crippen LogP contribution in [-0.2, 0) is 11.0 Å². The Morgan fingerprint density at radius 3 is 2.69 bits per heavy atom. The number of fused-ring (bicyclic) bond motifs is 3. The molecule has 2 aromatic heterocycles. The number of thiophene rings is 1. The summed E-state index contributed by atoms with van der Waals surface area (Å²) in [6, 6.07) is 1.42. The minimum absolute atomic E-state index is 0.0256. The molecular formula is C35H33F6N7O2S. The number of carbonyl (C=O) groups excluding carboxylic acids is 1. The molecule has 51 heavy (non-hydrogen) atoms. The number of nitrogen functional groups attached to an aromatic ring is 1. The molecule has 3 saturated heterocycles. The van der Waals surface area contributed by atoms with Crippen LogP contribution in [0.5, 0.6) is 6.01 Å². The predicted octanol–water partition coefficient (Wildman–Crippen LogP) is 7.51. The van der Waals surface area contributed by atoms with Crippen molar-refractivity contribution in [3.63, 3.8) is 0 Å². The summed E-state index contributed by atoms with van der Waals surface area (Å²) in [5.74, 6) is -2.57. The van der Waals surface area contributed by atoms with Gasteiger partial charge in [-0.2, -0.15) is 23.1 Å². The van der Waals surface area contributed by atoms with E-state index in [4.69, 9.17) is 17.0 Å². The van der Waals surface area contributed by atoms with Crippen molar-refractivity contribution >= 4 is 54.7 Å². The number of amides is 1. The van der Waals surface area contributed by atoms with Crippen molar-refractivity contribution in [3.05, 3.63) is 59.5 Å². The fourth-order valence-electron chi connectivity index (χ4n) is 7.95. The summed E-state index contributed by atoms with van der Waals surface area (Å²) >= 11 is 0.683. The number of ether oxygens (including phenoxy) is 1. The van der Waals surface area contributed by atoms with Gasteiger partial charge < -0.3 is 20.3 Å². The highest BCUT2D eigenvalue weighted by atomic mass is 32.1. The summed E-state index contributed by atoms with van der Waals surface area (Å²) < 4.78 is 97.7. The SMILES string of the molecule is [C-]#[N+]c1c(N)sc2c(F)ccc(-c3c(C(F)(F)F)cc4c(N5C[C@@H](C)N(C(=O)C=C)C[C@@H]5C)nc(OC[C@@]56CCCN5C[C@H](F)C6)nc4c3F)c12. The molecule has 0 spiro atoms. The first-order valence-electron chi connectivity index (χ1n) is 16.4. The third kappa shape index (κ3) is 5.70. The third-order valence-electron chi connectivity index (χ3n) is 10.3. The number of anilines is 2. The highest BCUT2D eigenvalue weighted by Gasteiger charge is 2.49. The lowest BCUT2D eigenvalue weighted by atomic mass is 9.93. The molecule has 0 saturated carbocycles. The average molecular weight is 730 g/mol. The maximum absolute atomic E-state index is 17.2. The number of piperazine rings is 1. The molecular weight excluding hydrogens is 696 g/mol. The van der Waals surface area contributed by atoms with Crippen molar-refractivity contribution in [2.75, 3.05) is 43.4 Å². The van der Waals surface area contributed by atoms with Crippen LogP contribution in [0.4, 0.5) is 42.8 Å². The van der Waals surface area contributed by atoms with Gasteiger partial charge in [-0.15, -0.1) is 11.3 Å². The van der Waals surface area contributed by atoms with E-state index in [1.165, 1.54) is 6.08 Å². The normalized spacial score (nSPS) is 23.9. The summed E-state index contributed by atoms with van der Waals surface area (Å²) in [4.78, 5) is 30.1. The Hall–Kier alpha value is -4.62. The first-order chi connectivity index (χ1) is 24.2. The Morgan fingerprint density at radius 2 is 1.98 bits per heavy atom. The topological polar surface area (TPSA) is 92.2 Å². The van der Waals surface area contributed by atoms with E-state index in [0.29, 0.717) is 24.3 Å². The highest BCUT2D eigenvalue weighted by Crippen LogP contribution is 2.51. The molecule has 4 atom stereocenters. The van der Waals surface area contributed by atoms with Gasteiger partial charge in [-0.05, 0) is 57.0 Å². The van der Waals surface area contributed by atoms with Gasteiger partial charge in [0.15, 0.2) is 5.82 Å². The molecule has 4 aromatic rings. The number of alkyl halides is 4. The Bertz CT molecular complexity index is 2130. The minimum atomic E-state index is -5.12. The number of halogens is 6. The Kier molecular flexibility index (Phi) is 8.57. The first kappa shape index (κ1) is 34.8. The third-order valence-corrected chi connectivity index (χ3v) is 11.3. The number of benzene rings is 2. The summed E-state index contributed by atoms with van der Waals surface area (Å²) in [7, 11) is 0. The van der Waals surface area contributed by atoms with Crippen LogP contribution in [0.3, 0.4) is 0 Å². The molecule has 2 N–H and O–H groups in total. The number of hydrogen-bond donors (Lipinski definition) is 1. The molecule has 0 unspecified atom stereocenters. The van der Waals surface area contributed by atoms with Gasteiger partial charge in [-0.25, -0.2) is 18.0 Å². The molecule has 1 amide bonds. The number of aromatic nitrogens is 2. The Labute approximate surface area is 293 Å². The van der Waals surface area contributed by atoms with E-state index >= 15 is 17.6 Å². The fraction of sp³-hybridized carbons (Fsp3) is 0.429. The molecule has 16 heteroatoms.